The first kappa shape index (κ1) is 14.1. The smallest absolute Gasteiger partial charge is 0.161 e. The molecule has 0 atom stereocenters. The molecule has 118 valence electrons. The Balaban J connectivity index is 1.58. The minimum absolute atomic E-state index is 0.691. The van der Waals surface area contributed by atoms with Gasteiger partial charge in [0.15, 0.2) is 5.82 Å². The third kappa shape index (κ3) is 2.89. The second kappa shape index (κ2) is 5.96. The molecule has 0 amide bonds. The van der Waals surface area contributed by atoms with Gasteiger partial charge in [0, 0.05) is 46.8 Å². The van der Waals surface area contributed by atoms with E-state index in [0.717, 1.165) is 35.6 Å². The van der Waals surface area contributed by atoms with Crippen molar-refractivity contribution in [3.8, 4) is 0 Å². The molecule has 3 aromatic rings. The van der Waals surface area contributed by atoms with Crippen molar-refractivity contribution in [1.29, 1.82) is 0 Å². The van der Waals surface area contributed by atoms with E-state index in [4.69, 9.17) is 0 Å². The van der Waals surface area contributed by atoms with Crippen molar-refractivity contribution < 1.29 is 4.21 Å². The van der Waals surface area contributed by atoms with Gasteiger partial charge in [-0.1, -0.05) is 12.1 Å². The number of aromatic amines is 1. The van der Waals surface area contributed by atoms with Crippen LogP contribution < -0.4 is 10.2 Å². The van der Waals surface area contributed by atoms with Crippen LogP contribution in [-0.4, -0.2) is 49.0 Å². The standard InChI is InChI=1S/C15H16N6OS/c22-23-7-5-21(6-8-23)14-9-13(16-10-17-14)18-15-11-3-1-2-4-12(11)19-20-15/h1-4,9-10H,5-8H2,(H2,16,17,18,19,20). The Labute approximate surface area is 135 Å². The molecule has 1 aliphatic rings. The highest BCUT2D eigenvalue weighted by Gasteiger charge is 2.17. The maximum absolute atomic E-state index is 11.5. The van der Waals surface area contributed by atoms with Crippen LogP contribution in [-0.2, 0) is 10.8 Å². The molecule has 1 aliphatic heterocycles. The number of hydrogen-bond acceptors (Lipinski definition) is 6. The molecule has 8 heteroatoms. The summed E-state index contributed by atoms with van der Waals surface area (Å²) in [5, 5.41) is 11.5. The van der Waals surface area contributed by atoms with Crippen molar-refractivity contribution in [3.63, 3.8) is 0 Å². The second-order valence-electron chi connectivity index (χ2n) is 5.34. The number of hydrogen-bond donors (Lipinski definition) is 2. The number of nitrogens with one attached hydrogen (secondary N) is 2. The predicted molar refractivity (Wildman–Crippen MR) is 91.5 cm³/mol. The highest BCUT2D eigenvalue weighted by Crippen LogP contribution is 2.24. The third-order valence-corrected chi connectivity index (χ3v) is 5.15. The molecule has 23 heavy (non-hydrogen) atoms. The maximum atomic E-state index is 11.5. The van der Waals surface area contributed by atoms with E-state index in [1.807, 2.05) is 30.3 Å². The van der Waals surface area contributed by atoms with Crippen LogP contribution in [0.3, 0.4) is 0 Å². The molecule has 2 aromatic heterocycles. The maximum Gasteiger partial charge on any atom is 0.161 e. The molecule has 0 unspecified atom stereocenters. The quantitative estimate of drug-likeness (QED) is 0.760. The number of benzene rings is 1. The highest BCUT2D eigenvalue weighted by molar-refractivity contribution is 7.85. The third-order valence-electron chi connectivity index (χ3n) is 3.87. The molecule has 0 radical (unpaired) electrons. The number of H-pyrrole nitrogens is 1. The second-order valence-corrected chi connectivity index (χ2v) is 7.04. The average molecular weight is 328 g/mol. The number of aromatic nitrogens is 4. The van der Waals surface area contributed by atoms with Gasteiger partial charge in [-0.05, 0) is 12.1 Å². The molecular formula is C15H16N6OS. The molecular weight excluding hydrogens is 312 g/mol. The minimum Gasteiger partial charge on any atom is -0.355 e. The summed E-state index contributed by atoms with van der Waals surface area (Å²) < 4.78 is 11.5. The Morgan fingerprint density at radius 2 is 2.00 bits per heavy atom. The summed E-state index contributed by atoms with van der Waals surface area (Å²) >= 11 is 0. The fourth-order valence-electron chi connectivity index (χ4n) is 2.64. The molecule has 4 rings (SSSR count). The number of para-hydroxylation sites is 1. The molecule has 0 spiro atoms. The van der Waals surface area contributed by atoms with Crippen LogP contribution in [0, 0.1) is 0 Å². The monoisotopic (exact) mass is 328 g/mol. The van der Waals surface area contributed by atoms with E-state index in [1.54, 1.807) is 0 Å². The molecule has 0 aliphatic carbocycles. The van der Waals surface area contributed by atoms with Gasteiger partial charge >= 0.3 is 0 Å². The van der Waals surface area contributed by atoms with Gasteiger partial charge in [-0.15, -0.1) is 0 Å². The zero-order chi connectivity index (χ0) is 15.6. The Morgan fingerprint density at radius 1 is 1.17 bits per heavy atom. The van der Waals surface area contributed by atoms with E-state index in [2.05, 4.69) is 30.4 Å². The summed E-state index contributed by atoms with van der Waals surface area (Å²) in [5.74, 6) is 3.66. The van der Waals surface area contributed by atoms with Crippen molar-refractivity contribution in [2.45, 2.75) is 0 Å². The van der Waals surface area contributed by atoms with Crippen LogP contribution in [0.4, 0.5) is 17.5 Å². The SMILES string of the molecule is O=S1CCN(c2cc(Nc3n[nH]c4ccccc34)ncn2)CC1. The lowest BCUT2D eigenvalue weighted by Gasteiger charge is -2.27. The van der Waals surface area contributed by atoms with Gasteiger partial charge in [-0.2, -0.15) is 5.10 Å². The van der Waals surface area contributed by atoms with Crippen molar-refractivity contribution in [1.82, 2.24) is 20.2 Å². The lowest BCUT2D eigenvalue weighted by atomic mass is 10.2. The Kier molecular flexibility index (Phi) is 3.66. The van der Waals surface area contributed by atoms with Crippen LogP contribution in [0.15, 0.2) is 36.7 Å². The summed E-state index contributed by atoms with van der Waals surface area (Å²) in [7, 11) is -0.697. The van der Waals surface area contributed by atoms with Crippen LogP contribution in [0.5, 0.6) is 0 Å². The summed E-state index contributed by atoms with van der Waals surface area (Å²) in [6.07, 6.45) is 1.54. The van der Waals surface area contributed by atoms with Gasteiger partial charge in [0.25, 0.3) is 0 Å². The summed E-state index contributed by atoms with van der Waals surface area (Å²) in [5.41, 5.74) is 0.975. The van der Waals surface area contributed by atoms with Crippen LogP contribution in [0.1, 0.15) is 0 Å². The highest BCUT2D eigenvalue weighted by atomic mass is 32.2. The zero-order valence-electron chi connectivity index (χ0n) is 12.4. The van der Waals surface area contributed by atoms with Crippen molar-refractivity contribution in [2.75, 3.05) is 34.8 Å². The molecule has 1 aromatic carbocycles. The first-order valence-corrected chi connectivity index (χ1v) is 8.90. The number of anilines is 3. The summed E-state index contributed by atoms with van der Waals surface area (Å²) in [4.78, 5) is 10.7. The number of rotatable bonds is 3. The Hall–Kier alpha value is -2.48. The predicted octanol–water partition coefficient (Wildman–Crippen LogP) is 1.67. The Morgan fingerprint density at radius 3 is 2.87 bits per heavy atom. The van der Waals surface area contributed by atoms with Crippen molar-refractivity contribution in [3.05, 3.63) is 36.7 Å². The molecule has 3 heterocycles. The molecule has 7 nitrogen and oxygen atoms in total. The largest absolute Gasteiger partial charge is 0.355 e. The average Bonchev–Trinajstić information content (AvgIpc) is 2.99. The topological polar surface area (TPSA) is 86.8 Å². The van der Waals surface area contributed by atoms with Gasteiger partial charge in [0.2, 0.25) is 0 Å². The fourth-order valence-corrected chi connectivity index (χ4v) is 3.69. The fraction of sp³-hybridized carbons (Fsp3) is 0.267. The van der Waals surface area contributed by atoms with E-state index in [0.29, 0.717) is 17.3 Å². The number of fused-ring (bicyclic) bond motifs is 1. The van der Waals surface area contributed by atoms with E-state index in [9.17, 15) is 4.21 Å². The first-order chi connectivity index (χ1) is 11.3. The molecule has 1 saturated heterocycles. The normalized spacial score (nSPS) is 15.9. The van der Waals surface area contributed by atoms with Gasteiger partial charge in [0.1, 0.15) is 18.0 Å². The molecule has 0 saturated carbocycles. The lowest BCUT2D eigenvalue weighted by molar-refractivity contribution is 0.672. The van der Waals surface area contributed by atoms with Gasteiger partial charge in [-0.3, -0.25) is 9.31 Å². The molecule has 2 N–H and O–H groups in total. The zero-order valence-corrected chi connectivity index (χ0v) is 13.2. The van der Waals surface area contributed by atoms with Crippen molar-refractivity contribution >= 4 is 39.2 Å². The van der Waals surface area contributed by atoms with Gasteiger partial charge < -0.3 is 10.2 Å². The van der Waals surface area contributed by atoms with E-state index in [1.165, 1.54) is 6.33 Å². The van der Waals surface area contributed by atoms with Crippen LogP contribution >= 0.6 is 0 Å². The lowest BCUT2D eigenvalue weighted by Crippen LogP contribution is -2.38. The van der Waals surface area contributed by atoms with E-state index in [-0.39, 0.29) is 0 Å². The minimum atomic E-state index is -0.697. The van der Waals surface area contributed by atoms with Gasteiger partial charge in [0.05, 0.1) is 5.52 Å². The van der Waals surface area contributed by atoms with Gasteiger partial charge in [-0.25, -0.2) is 9.97 Å². The summed E-state index contributed by atoms with van der Waals surface area (Å²) in [6, 6.07) is 9.82. The van der Waals surface area contributed by atoms with Crippen LogP contribution in [0.25, 0.3) is 10.9 Å². The molecule has 0 bridgehead atoms. The van der Waals surface area contributed by atoms with E-state index < -0.39 is 10.8 Å². The van der Waals surface area contributed by atoms with Crippen LogP contribution in [0.2, 0.25) is 0 Å². The van der Waals surface area contributed by atoms with Crippen molar-refractivity contribution in [2.24, 2.45) is 0 Å². The number of nitrogens with zero attached hydrogens (tertiary/aromatic N) is 4. The Bertz CT molecular complexity index is 854. The van der Waals surface area contributed by atoms with E-state index >= 15 is 0 Å². The summed E-state index contributed by atoms with van der Waals surface area (Å²) in [6.45, 7) is 1.52. The molecule has 1 fully saturated rings. The first-order valence-electron chi connectivity index (χ1n) is 7.42.